The monoisotopic (exact) mass is 345 g/mol. The summed E-state index contributed by atoms with van der Waals surface area (Å²) in [5, 5.41) is 0.0981. The first-order chi connectivity index (χ1) is 9.83. The van der Waals surface area contributed by atoms with Gasteiger partial charge >= 0.3 is 0 Å². The number of anilines is 1. The third-order valence-electron chi connectivity index (χ3n) is 2.67. The minimum atomic E-state index is -3.86. The van der Waals surface area contributed by atoms with Gasteiger partial charge in [0.05, 0.1) is 13.3 Å². The second-order valence-electron chi connectivity index (χ2n) is 4.24. The highest BCUT2D eigenvalue weighted by Crippen LogP contribution is 2.26. The maximum atomic E-state index is 12.4. The predicted octanol–water partition coefficient (Wildman–Crippen LogP) is 2.48. The van der Waals surface area contributed by atoms with E-state index in [2.05, 4.69) is 14.7 Å². The second kappa shape index (κ2) is 6.08. The van der Waals surface area contributed by atoms with Crippen LogP contribution >= 0.6 is 23.8 Å². The van der Waals surface area contributed by atoms with Gasteiger partial charge < -0.3 is 4.74 Å². The van der Waals surface area contributed by atoms with Crippen LogP contribution in [-0.2, 0) is 10.0 Å². The number of nitrogens with one attached hydrogen (secondary N) is 1. The lowest BCUT2D eigenvalue weighted by Crippen LogP contribution is -2.22. The molecule has 0 aliphatic heterocycles. The van der Waals surface area contributed by atoms with E-state index in [4.69, 9.17) is 28.6 Å². The molecule has 1 aliphatic rings. The van der Waals surface area contributed by atoms with E-state index in [1.54, 1.807) is 6.92 Å². The molecular weight excluding hydrogens is 334 g/mol. The summed E-state index contributed by atoms with van der Waals surface area (Å²) in [5.41, 5.74) is 0.832. The Hall–Kier alpha value is -1.51. The van der Waals surface area contributed by atoms with Crippen molar-refractivity contribution in [2.75, 3.05) is 11.8 Å². The largest absolute Gasteiger partial charge is 0.478 e. The van der Waals surface area contributed by atoms with E-state index in [0.717, 1.165) is 5.57 Å². The summed E-state index contributed by atoms with van der Waals surface area (Å²) >= 11 is 10.8. The number of hydrogen-bond donors (Lipinski definition) is 1. The first kappa shape index (κ1) is 15.9. The molecule has 1 N–H and O–H groups in total. The molecular formula is C12H12ClN3O3S2. The lowest BCUT2D eigenvalue weighted by atomic mass is 10.1. The highest BCUT2D eigenvalue weighted by Gasteiger charge is 2.25. The van der Waals surface area contributed by atoms with Crippen LogP contribution in [0.25, 0.3) is 0 Å². The number of ether oxygens (including phenoxy) is 1. The van der Waals surface area contributed by atoms with Gasteiger partial charge in [-0.2, -0.15) is 4.98 Å². The Morgan fingerprint density at radius 1 is 1.48 bits per heavy atom. The zero-order chi connectivity index (χ0) is 15.6. The maximum Gasteiger partial charge on any atom is 0.264 e. The van der Waals surface area contributed by atoms with Gasteiger partial charge in [-0.25, -0.2) is 13.4 Å². The van der Waals surface area contributed by atoms with Crippen LogP contribution in [0.5, 0.6) is 5.88 Å². The van der Waals surface area contributed by atoms with Crippen LogP contribution in [0.3, 0.4) is 0 Å². The number of methoxy groups -OCH3 is 1. The SMILES string of the molecule is COc1nc(Cl)cnc1NS(=O)(=O)C1=CC(C)=CCC1=S. The average molecular weight is 346 g/mol. The van der Waals surface area contributed by atoms with Crippen molar-refractivity contribution in [2.45, 2.75) is 13.3 Å². The minimum Gasteiger partial charge on any atom is -0.478 e. The summed E-state index contributed by atoms with van der Waals surface area (Å²) in [6, 6.07) is 0. The average Bonchev–Trinajstić information content (AvgIpc) is 2.43. The van der Waals surface area contributed by atoms with Crippen molar-refractivity contribution in [1.82, 2.24) is 9.97 Å². The van der Waals surface area contributed by atoms with E-state index in [1.165, 1.54) is 19.4 Å². The molecule has 0 radical (unpaired) electrons. The van der Waals surface area contributed by atoms with Gasteiger partial charge in [0.1, 0.15) is 4.91 Å². The maximum absolute atomic E-state index is 12.4. The van der Waals surface area contributed by atoms with Crippen LogP contribution in [0, 0.1) is 0 Å². The second-order valence-corrected chi connectivity index (χ2v) is 6.77. The molecule has 0 atom stereocenters. The van der Waals surface area contributed by atoms with Crippen LogP contribution in [0.4, 0.5) is 5.82 Å². The Morgan fingerprint density at radius 3 is 2.86 bits per heavy atom. The zero-order valence-electron chi connectivity index (χ0n) is 11.3. The summed E-state index contributed by atoms with van der Waals surface area (Å²) in [6.45, 7) is 1.81. The van der Waals surface area contributed by atoms with Crippen molar-refractivity contribution in [3.8, 4) is 5.88 Å². The fourth-order valence-corrected chi connectivity index (χ4v) is 3.50. The van der Waals surface area contributed by atoms with Crippen LogP contribution in [0.15, 0.2) is 28.8 Å². The molecule has 9 heteroatoms. The Morgan fingerprint density at radius 2 is 2.19 bits per heavy atom. The van der Waals surface area contributed by atoms with Crippen molar-refractivity contribution in [3.63, 3.8) is 0 Å². The third kappa shape index (κ3) is 3.58. The predicted molar refractivity (Wildman–Crippen MR) is 85.2 cm³/mol. The first-order valence-electron chi connectivity index (χ1n) is 5.84. The zero-order valence-corrected chi connectivity index (χ0v) is 13.6. The lowest BCUT2D eigenvalue weighted by molar-refractivity contribution is 0.398. The van der Waals surface area contributed by atoms with Crippen LogP contribution in [0.1, 0.15) is 13.3 Å². The molecule has 0 unspecified atom stereocenters. The molecule has 0 saturated carbocycles. The minimum absolute atomic E-state index is 0.0133. The normalized spacial score (nSPS) is 15.3. The fourth-order valence-electron chi connectivity index (χ4n) is 1.67. The van der Waals surface area contributed by atoms with Crippen LogP contribution in [0.2, 0.25) is 5.15 Å². The van der Waals surface area contributed by atoms with Crippen LogP contribution in [-0.4, -0.2) is 30.4 Å². The Bertz CT molecular complexity index is 757. The first-order valence-corrected chi connectivity index (χ1v) is 8.11. The molecule has 21 heavy (non-hydrogen) atoms. The van der Waals surface area contributed by atoms with Crippen LogP contribution < -0.4 is 9.46 Å². The van der Waals surface area contributed by atoms with Gasteiger partial charge in [0, 0.05) is 11.3 Å². The van der Waals surface area contributed by atoms with Crippen molar-refractivity contribution < 1.29 is 13.2 Å². The molecule has 1 heterocycles. The summed E-state index contributed by atoms with van der Waals surface area (Å²) in [7, 11) is -2.52. The van der Waals surface area contributed by atoms with E-state index in [0.29, 0.717) is 11.3 Å². The number of thiocarbonyl (C=S) groups is 1. The smallest absolute Gasteiger partial charge is 0.264 e. The van der Waals surface area contributed by atoms with Gasteiger partial charge in [-0.3, -0.25) is 4.72 Å². The standard InChI is InChI=1S/C12H12ClN3O3S2/c1-7-3-4-8(20)9(5-7)21(17,18)16-11-12(19-2)15-10(13)6-14-11/h3,5-6H,4H2,1-2H3,(H,14,16). The molecule has 6 nitrogen and oxygen atoms in total. The number of rotatable bonds is 4. The number of halogens is 1. The number of allylic oxidation sites excluding steroid dienone is 4. The number of sulfonamides is 1. The molecule has 112 valence electrons. The van der Waals surface area contributed by atoms with E-state index >= 15 is 0 Å². The van der Waals surface area contributed by atoms with Gasteiger partial charge in [0.15, 0.2) is 5.15 Å². The number of aromatic nitrogens is 2. The van der Waals surface area contributed by atoms with Gasteiger partial charge in [-0.15, -0.1) is 0 Å². The molecule has 0 amide bonds. The van der Waals surface area contributed by atoms with Gasteiger partial charge in [0.25, 0.3) is 15.9 Å². The summed E-state index contributed by atoms with van der Waals surface area (Å²) in [4.78, 5) is 8.12. The Balaban J connectivity index is 2.39. The van der Waals surface area contributed by atoms with E-state index in [-0.39, 0.29) is 21.8 Å². The summed E-state index contributed by atoms with van der Waals surface area (Å²) in [5.74, 6) is -0.0570. The van der Waals surface area contributed by atoms with E-state index in [1.807, 2.05) is 6.08 Å². The highest BCUT2D eigenvalue weighted by atomic mass is 35.5. The molecule has 1 aromatic rings. The molecule has 1 aromatic heterocycles. The van der Waals surface area contributed by atoms with Gasteiger partial charge in [-0.05, 0) is 13.0 Å². The topological polar surface area (TPSA) is 81.2 Å². The molecule has 0 fully saturated rings. The molecule has 0 saturated heterocycles. The van der Waals surface area contributed by atoms with Crippen molar-refractivity contribution in [1.29, 1.82) is 0 Å². The molecule has 1 aliphatic carbocycles. The molecule has 0 spiro atoms. The molecule has 0 bridgehead atoms. The lowest BCUT2D eigenvalue weighted by Gasteiger charge is -2.15. The van der Waals surface area contributed by atoms with Crippen molar-refractivity contribution >= 4 is 44.5 Å². The third-order valence-corrected chi connectivity index (χ3v) is 4.77. The summed E-state index contributed by atoms with van der Waals surface area (Å²) < 4.78 is 32.1. The Labute approximate surface area is 132 Å². The highest BCUT2D eigenvalue weighted by molar-refractivity contribution is 7.99. The quantitative estimate of drug-likeness (QED) is 0.844. The molecule has 0 aromatic carbocycles. The summed E-state index contributed by atoms with van der Waals surface area (Å²) in [6.07, 6.45) is 5.02. The fraction of sp³-hybridized carbons (Fsp3) is 0.250. The van der Waals surface area contributed by atoms with Crippen molar-refractivity contribution in [3.05, 3.63) is 34.0 Å². The van der Waals surface area contributed by atoms with E-state index in [9.17, 15) is 8.42 Å². The number of hydrogen-bond acceptors (Lipinski definition) is 6. The van der Waals surface area contributed by atoms with Crippen molar-refractivity contribution in [2.24, 2.45) is 0 Å². The van der Waals surface area contributed by atoms with Gasteiger partial charge in [-0.1, -0.05) is 35.5 Å². The van der Waals surface area contributed by atoms with Gasteiger partial charge in [0.2, 0.25) is 5.82 Å². The molecule has 2 rings (SSSR count). The number of nitrogens with zero attached hydrogens (tertiary/aromatic N) is 2. The van der Waals surface area contributed by atoms with E-state index < -0.39 is 10.0 Å². The Kier molecular flexibility index (Phi) is 4.60.